The number of rotatable bonds is 5. The highest BCUT2D eigenvalue weighted by atomic mass is 16.5. The van der Waals surface area contributed by atoms with E-state index in [4.69, 9.17) is 4.74 Å². The van der Waals surface area contributed by atoms with E-state index in [1.807, 2.05) is 13.0 Å². The summed E-state index contributed by atoms with van der Waals surface area (Å²) in [6.45, 7) is 5.70. The zero-order valence-electron chi connectivity index (χ0n) is 14.1. The number of hydrogen-bond acceptors (Lipinski definition) is 5. The summed E-state index contributed by atoms with van der Waals surface area (Å²) in [7, 11) is 3.45. The van der Waals surface area contributed by atoms with Crippen molar-refractivity contribution in [2.75, 3.05) is 50.6 Å². The van der Waals surface area contributed by atoms with Crippen LogP contribution in [0.5, 0.6) is 0 Å². The summed E-state index contributed by atoms with van der Waals surface area (Å²) in [6.07, 6.45) is 1.25. The van der Waals surface area contributed by atoms with E-state index >= 15 is 0 Å². The minimum atomic E-state index is -0.402. The smallest absolute Gasteiger partial charge is 0.337 e. The van der Waals surface area contributed by atoms with Crippen LogP contribution in [0.2, 0.25) is 0 Å². The molecule has 1 aromatic carbocycles. The molecule has 0 spiro atoms. The number of esters is 1. The molecule has 0 unspecified atom stereocenters. The first-order chi connectivity index (χ1) is 11.0. The monoisotopic (exact) mass is 319 g/mol. The van der Waals surface area contributed by atoms with Gasteiger partial charge in [0.25, 0.3) is 0 Å². The molecule has 1 aromatic rings. The first-order valence-electron chi connectivity index (χ1n) is 8.01. The molecule has 23 heavy (non-hydrogen) atoms. The Morgan fingerprint density at radius 3 is 2.52 bits per heavy atom. The highest BCUT2D eigenvalue weighted by Crippen LogP contribution is 2.28. The Hall–Kier alpha value is -2.08. The summed E-state index contributed by atoms with van der Waals surface area (Å²) in [6, 6.07) is 5.33. The van der Waals surface area contributed by atoms with Crippen LogP contribution in [0.25, 0.3) is 0 Å². The minimum Gasteiger partial charge on any atom is -0.465 e. The second kappa shape index (κ2) is 7.97. The van der Waals surface area contributed by atoms with Crippen LogP contribution in [0.15, 0.2) is 18.2 Å². The molecule has 0 aromatic heterocycles. The molecule has 1 saturated heterocycles. The number of likely N-dealkylation sites (N-methyl/N-ethyl adjacent to an activating group) is 1. The molecule has 0 saturated carbocycles. The Labute approximate surface area is 137 Å². The van der Waals surface area contributed by atoms with E-state index in [9.17, 15) is 9.59 Å². The molecule has 6 heteroatoms. The van der Waals surface area contributed by atoms with Gasteiger partial charge in [0.2, 0.25) is 5.91 Å². The second-order valence-electron chi connectivity index (χ2n) is 5.81. The number of carbonyl (C=O) groups excluding carboxylic acids is 2. The minimum absolute atomic E-state index is 0.0371. The summed E-state index contributed by atoms with van der Waals surface area (Å²) in [5.74, 6) is -0.439. The molecule has 0 atom stereocenters. The third-order valence-corrected chi connectivity index (χ3v) is 4.01. The Morgan fingerprint density at radius 1 is 1.22 bits per heavy atom. The Balaban J connectivity index is 2.28. The number of piperazine rings is 1. The molecule has 0 radical (unpaired) electrons. The zero-order valence-corrected chi connectivity index (χ0v) is 14.1. The van der Waals surface area contributed by atoms with Gasteiger partial charge in [-0.25, -0.2) is 4.79 Å². The first kappa shape index (κ1) is 17.3. The third-order valence-electron chi connectivity index (χ3n) is 4.01. The quantitative estimate of drug-likeness (QED) is 0.841. The fourth-order valence-corrected chi connectivity index (χ4v) is 2.64. The normalized spacial score (nSPS) is 15.3. The van der Waals surface area contributed by atoms with E-state index in [1.165, 1.54) is 7.11 Å². The molecule has 126 valence electrons. The lowest BCUT2D eigenvalue weighted by molar-refractivity contribution is -0.116. The summed E-state index contributed by atoms with van der Waals surface area (Å²) >= 11 is 0. The molecule has 1 N–H and O–H groups in total. The van der Waals surface area contributed by atoms with Crippen molar-refractivity contribution >= 4 is 23.3 Å². The van der Waals surface area contributed by atoms with Gasteiger partial charge in [-0.2, -0.15) is 0 Å². The number of anilines is 2. The van der Waals surface area contributed by atoms with Crippen LogP contribution in [-0.4, -0.2) is 57.1 Å². The summed E-state index contributed by atoms with van der Waals surface area (Å²) in [4.78, 5) is 28.3. The summed E-state index contributed by atoms with van der Waals surface area (Å²) in [5, 5.41) is 2.94. The van der Waals surface area contributed by atoms with Gasteiger partial charge in [0.15, 0.2) is 0 Å². The lowest BCUT2D eigenvalue weighted by atomic mass is 10.1. The Morgan fingerprint density at radius 2 is 1.91 bits per heavy atom. The van der Waals surface area contributed by atoms with Crippen molar-refractivity contribution in [2.45, 2.75) is 19.8 Å². The largest absolute Gasteiger partial charge is 0.465 e. The van der Waals surface area contributed by atoms with Gasteiger partial charge in [0, 0.05) is 32.6 Å². The predicted molar refractivity (Wildman–Crippen MR) is 91.0 cm³/mol. The molecular weight excluding hydrogens is 294 g/mol. The van der Waals surface area contributed by atoms with E-state index in [2.05, 4.69) is 22.2 Å². The molecule has 0 aliphatic carbocycles. The molecule has 1 aliphatic heterocycles. The standard InChI is InChI=1S/C17H25N3O3/c1-4-5-16(21)18-14-12-13(17(22)23-3)6-7-15(14)20-10-8-19(2)9-11-20/h6-7,12H,4-5,8-11H2,1-3H3,(H,18,21). The number of methoxy groups -OCH3 is 1. The van der Waals surface area contributed by atoms with Gasteiger partial charge in [-0.15, -0.1) is 0 Å². The van der Waals surface area contributed by atoms with E-state index in [1.54, 1.807) is 12.1 Å². The van der Waals surface area contributed by atoms with Crippen molar-refractivity contribution in [1.82, 2.24) is 4.90 Å². The second-order valence-corrected chi connectivity index (χ2v) is 5.81. The molecule has 1 fully saturated rings. The van der Waals surface area contributed by atoms with Crippen LogP contribution < -0.4 is 10.2 Å². The number of hydrogen-bond donors (Lipinski definition) is 1. The van der Waals surface area contributed by atoms with Gasteiger partial charge in [0.05, 0.1) is 24.0 Å². The van der Waals surface area contributed by atoms with Gasteiger partial charge in [0.1, 0.15) is 0 Å². The van der Waals surface area contributed by atoms with Crippen molar-refractivity contribution in [2.24, 2.45) is 0 Å². The lowest BCUT2D eigenvalue weighted by Gasteiger charge is -2.35. The topological polar surface area (TPSA) is 61.9 Å². The third kappa shape index (κ3) is 4.45. The van der Waals surface area contributed by atoms with E-state index < -0.39 is 5.97 Å². The molecule has 6 nitrogen and oxygen atoms in total. The van der Waals surface area contributed by atoms with Gasteiger partial charge in [-0.3, -0.25) is 4.79 Å². The zero-order chi connectivity index (χ0) is 16.8. The Bertz CT molecular complexity index is 566. The highest BCUT2D eigenvalue weighted by molar-refractivity contribution is 5.98. The maximum absolute atomic E-state index is 12.0. The van der Waals surface area contributed by atoms with Crippen LogP contribution in [0, 0.1) is 0 Å². The SMILES string of the molecule is CCCC(=O)Nc1cc(C(=O)OC)ccc1N1CCN(C)CC1. The number of nitrogens with zero attached hydrogens (tertiary/aromatic N) is 2. The van der Waals surface area contributed by atoms with Crippen molar-refractivity contribution in [1.29, 1.82) is 0 Å². The van der Waals surface area contributed by atoms with Crippen LogP contribution in [0.4, 0.5) is 11.4 Å². The molecular formula is C17H25N3O3. The number of benzene rings is 1. The molecule has 1 amide bonds. The average Bonchev–Trinajstić information content (AvgIpc) is 2.55. The molecule has 2 rings (SSSR count). The average molecular weight is 319 g/mol. The van der Waals surface area contributed by atoms with Gasteiger partial charge in [-0.1, -0.05) is 6.92 Å². The highest BCUT2D eigenvalue weighted by Gasteiger charge is 2.19. The molecule has 0 bridgehead atoms. The fourth-order valence-electron chi connectivity index (χ4n) is 2.64. The Kier molecular flexibility index (Phi) is 5.98. The van der Waals surface area contributed by atoms with Crippen molar-refractivity contribution in [3.63, 3.8) is 0 Å². The summed E-state index contributed by atoms with van der Waals surface area (Å²) in [5.41, 5.74) is 2.07. The van der Waals surface area contributed by atoms with Crippen LogP contribution in [-0.2, 0) is 9.53 Å². The number of amides is 1. The first-order valence-corrected chi connectivity index (χ1v) is 8.01. The van der Waals surface area contributed by atoms with Gasteiger partial charge < -0.3 is 19.9 Å². The lowest BCUT2D eigenvalue weighted by Crippen LogP contribution is -2.44. The van der Waals surface area contributed by atoms with Crippen LogP contribution in [0.1, 0.15) is 30.1 Å². The molecule has 1 aliphatic rings. The van der Waals surface area contributed by atoms with Crippen molar-refractivity contribution in [3.05, 3.63) is 23.8 Å². The van der Waals surface area contributed by atoms with Crippen molar-refractivity contribution < 1.29 is 14.3 Å². The number of ether oxygens (including phenoxy) is 1. The van der Waals surface area contributed by atoms with E-state index in [-0.39, 0.29) is 5.91 Å². The summed E-state index contributed by atoms with van der Waals surface area (Å²) < 4.78 is 4.77. The van der Waals surface area contributed by atoms with Gasteiger partial charge >= 0.3 is 5.97 Å². The predicted octanol–water partition coefficient (Wildman–Crippen LogP) is 1.96. The van der Waals surface area contributed by atoms with Crippen LogP contribution >= 0.6 is 0 Å². The fraction of sp³-hybridized carbons (Fsp3) is 0.529. The van der Waals surface area contributed by atoms with Crippen molar-refractivity contribution in [3.8, 4) is 0 Å². The number of carbonyl (C=O) groups is 2. The maximum atomic E-state index is 12.0. The maximum Gasteiger partial charge on any atom is 0.337 e. The van der Waals surface area contributed by atoms with E-state index in [0.717, 1.165) is 38.3 Å². The molecule has 1 heterocycles. The number of nitrogens with one attached hydrogen (secondary N) is 1. The van der Waals surface area contributed by atoms with Crippen LogP contribution in [0.3, 0.4) is 0 Å². The van der Waals surface area contributed by atoms with Gasteiger partial charge in [-0.05, 0) is 31.7 Å². The van der Waals surface area contributed by atoms with E-state index in [0.29, 0.717) is 17.7 Å².